The Balaban J connectivity index is -0.0000000742. The molecule has 167 valence electrons. The molecule has 0 aliphatic heterocycles. The standard InChI is InChI=1S/C8H6N4.C6H4O4.Cu.6H2O/c1-3-9-7(10-4-1)8-11-5-2-6-12-8;7-3-1-4(8)6(10)2-5(3)9;;;;;;;/h1-6H;1-2,7,9H;;6*1H2/q;;+2;;;;;;/p-2. The van der Waals surface area contributed by atoms with Gasteiger partial charge in [0.25, 0.3) is 0 Å². The zero-order chi connectivity index (χ0) is 15.9. The van der Waals surface area contributed by atoms with Gasteiger partial charge in [0.2, 0.25) is 11.6 Å². The summed E-state index contributed by atoms with van der Waals surface area (Å²) in [6.07, 6.45) is 7.67. The molecule has 0 bridgehead atoms. The van der Waals surface area contributed by atoms with Gasteiger partial charge in [0, 0.05) is 24.8 Å². The van der Waals surface area contributed by atoms with Gasteiger partial charge < -0.3 is 43.1 Å². The molecular weight excluding hydrogens is 448 g/mol. The Kier molecular flexibility index (Phi) is 27.4. The van der Waals surface area contributed by atoms with Gasteiger partial charge in [-0.2, -0.15) is 0 Å². The second-order valence-electron chi connectivity index (χ2n) is 3.89. The zero-order valence-corrected chi connectivity index (χ0v) is 15.3. The maximum atomic E-state index is 10.3. The first-order valence-corrected chi connectivity index (χ1v) is 5.98. The number of nitrogens with zero attached hydrogens (tertiary/aromatic N) is 4. The quantitative estimate of drug-likeness (QED) is 0.219. The fourth-order valence-corrected chi connectivity index (χ4v) is 1.35. The first-order valence-electron chi connectivity index (χ1n) is 5.98. The molecule has 15 heteroatoms. The molecule has 29 heavy (non-hydrogen) atoms. The average molecular weight is 468 g/mol. The van der Waals surface area contributed by atoms with Crippen LogP contribution in [0.4, 0.5) is 0 Å². The monoisotopic (exact) mass is 467 g/mol. The summed E-state index contributed by atoms with van der Waals surface area (Å²) in [4.78, 5) is 36.7. The van der Waals surface area contributed by atoms with Gasteiger partial charge in [-0.15, -0.1) is 11.5 Å². The molecule has 1 aliphatic rings. The third-order valence-electron chi connectivity index (χ3n) is 2.34. The third-order valence-corrected chi connectivity index (χ3v) is 2.34. The Bertz CT molecular complexity index is 694. The second-order valence-corrected chi connectivity index (χ2v) is 3.89. The van der Waals surface area contributed by atoms with Crippen LogP contribution in [0, 0.1) is 0 Å². The van der Waals surface area contributed by atoms with Crippen LogP contribution in [-0.4, -0.2) is 64.4 Å². The molecule has 3 rings (SSSR count). The molecule has 1 aliphatic carbocycles. The number of carbonyl (C=O) groups excluding carboxylic acids is 2. The van der Waals surface area contributed by atoms with Crippen molar-refractivity contribution in [1.29, 1.82) is 0 Å². The summed E-state index contributed by atoms with van der Waals surface area (Å²) < 4.78 is 0. The number of ketones is 2. The van der Waals surface area contributed by atoms with E-state index < -0.39 is 23.1 Å². The maximum Gasteiger partial charge on any atom is 2.00 e. The number of hydrogen-bond donors (Lipinski definition) is 0. The van der Waals surface area contributed by atoms with Gasteiger partial charge in [0.15, 0.2) is 11.6 Å². The smallest absolute Gasteiger partial charge is 0.873 e. The van der Waals surface area contributed by atoms with E-state index in [0.29, 0.717) is 23.8 Å². The first-order chi connectivity index (χ1) is 10.6. The van der Waals surface area contributed by atoms with Crippen LogP contribution >= 0.6 is 0 Å². The van der Waals surface area contributed by atoms with Crippen molar-refractivity contribution in [2.24, 2.45) is 0 Å². The van der Waals surface area contributed by atoms with Gasteiger partial charge in [-0.3, -0.25) is 9.59 Å². The van der Waals surface area contributed by atoms with Crippen LogP contribution in [0.1, 0.15) is 0 Å². The molecule has 2 aromatic heterocycles. The minimum Gasteiger partial charge on any atom is -0.873 e. The Morgan fingerprint density at radius 2 is 0.793 bits per heavy atom. The van der Waals surface area contributed by atoms with Crippen molar-refractivity contribution in [3.8, 4) is 11.6 Å². The van der Waals surface area contributed by atoms with Crippen LogP contribution in [0.5, 0.6) is 0 Å². The maximum absolute atomic E-state index is 10.3. The summed E-state index contributed by atoms with van der Waals surface area (Å²) in [6.45, 7) is 0. The van der Waals surface area contributed by atoms with E-state index in [1.165, 1.54) is 0 Å². The molecule has 0 amide bonds. The van der Waals surface area contributed by atoms with E-state index in [2.05, 4.69) is 19.9 Å². The van der Waals surface area contributed by atoms with Gasteiger partial charge >= 0.3 is 17.1 Å². The summed E-state index contributed by atoms with van der Waals surface area (Å²) in [7, 11) is 0. The summed E-state index contributed by atoms with van der Waals surface area (Å²) >= 11 is 0. The third kappa shape index (κ3) is 12.0. The van der Waals surface area contributed by atoms with Crippen molar-refractivity contribution in [3.63, 3.8) is 0 Å². The van der Waals surface area contributed by atoms with E-state index in [1.807, 2.05) is 0 Å². The van der Waals surface area contributed by atoms with Crippen LogP contribution in [0.3, 0.4) is 0 Å². The summed E-state index contributed by atoms with van der Waals surface area (Å²) in [5, 5.41) is 20.7. The predicted molar refractivity (Wildman–Crippen MR) is 90.9 cm³/mol. The molecule has 1 radical (unpaired) electrons. The SMILES string of the molecule is O.O.O.O.O.O.O=C1C=C([O-])C([O-])=CC1=O.[Cu+2].c1cnc(-c2ncccn2)nc1. The molecule has 0 saturated heterocycles. The summed E-state index contributed by atoms with van der Waals surface area (Å²) in [6, 6.07) is 3.51. The molecule has 12 N–H and O–H groups in total. The minimum absolute atomic E-state index is 0. The van der Waals surface area contributed by atoms with Crippen molar-refractivity contribution in [3.05, 3.63) is 60.6 Å². The number of hydrogen-bond acceptors (Lipinski definition) is 8. The van der Waals surface area contributed by atoms with Crippen molar-refractivity contribution in [2.75, 3.05) is 0 Å². The van der Waals surface area contributed by atoms with E-state index in [-0.39, 0.29) is 49.9 Å². The largest absolute Gasteiger partial charge is 2.00 e. The van der Waals surface area contributed by atoms with Crippen LogP contribution < -0.4 is 10.2 Å². The topological polar surface area (TPSA) is 321 Å². The predicted octanol–water partition coefficient (Wildman–Crippen LogP) is -6.39. The molecule has 0 saturated carbocycles. The van der Waals surface area contributed by atoms with Crippen LogP contribution in [-0.2, 0) is 26.7 Å². The Hall–Kier alpha value is -3.14. The number of rotatable bonds is 1. The molecule has 0 aromatic carbocycles. The van der Waals surface area contributed by atoms with E-state index in [4.69, 9.17) is 0 Å². The van der Waals surface area contributed by atoms with Crippen molar-refractivity contribution >= 4 is 11.6 Å². The molecule has 0 atom stereocenters. The number of aromatic nitrogens is 4. The zero-order valence-electron chi connectivity index (χ0n) is 14.3. The molecular formula is C14H20CuN4O10. The van der Waals surface area contributed by atoms with Crippen molar-refractivity contribution < 1.29 is 69.7 Å². The van der Waals surface area contributed by atoms with E-state index in [0.717, 1.165) is 0 Å². The number of allylic oxidation sites excluding steroid dienone is 2. The average Bonchev–Trinajstić information content (AvgIpc) is 2.55. The van der Waals surface area contributed by atoms with Crippen molar-refractivity contribution in [1.82, 2.24) is 19.9 Å². The first kappa shape index (κ1) is 40.5. The fraction of sp³-hybridized carbons (Fsp3) is 0. The van der Waals surface area contributed by atoms with E-state index in [1.54, 1.807) is 36.9 Å². The molecule has 14 nitrogen and oxygen atoms in total. The molecule has 2 aromatic rings. The van der Waals surface area contributed by atoms with Crippen LogP contribution in [0.15, 0.2) is 60.6 Å². The molecule has 0 fully saturated rings. The Morgan fingerprint density at radius 3 is 1.03 bits per heavy atom. The van der Waals surface area contributed by atoms with Gasteiger partial charge in [0.05, 0.1) is 0 Å². The minimum atomic E-state index is -0.926. The molecule has 0 spiro atoms. The summed E-state index contributed by atoms with van der Waals surface area (Å²) in [5.41, 5.74) is 0. The van der Waals surface area contributed by atoms with Crippen molar-refractivity contribution in [2.45, 2.75) is 0 Å². The molecule has 0 unspecified atom stereocenters. The van der Waals surface area contributed by atoms with Crippen LogP contribution in [0.2, 0.25) is 0 Å². The molecule has 2 heterocycles. The fourth-order valence-electron chi connectivity index (χ4n) is 1.35. The van der Waals surface area contributed by atoms with E-state index >= 15 is 0 Å². The number of carbonyl (C=O) groups is 2. The normalized spacial score (nSPS) is 10.3. The Labute approximate surface area is 174 Å². The van der Waals surface area contributed by atoms with Gasteiger partial charge in [-0.1, -0.05) is 0 Å². The summed E-state index contributed by atoms with van der Waals surface area (Å²) in [5.74, 6) is -2.60. The van der Waals surface area contributed by atoms with Gasteiger partial charge in [-0.05, 0) is 24.3 Å². The van der Waals surface area contributed by atoms with E-state index in [9.17, 15) is 19.8 Å². The van der Waals surface area contributed by atoms with Gasteiger partial charge in [-0.25, -0.2) is 19.9 Å². The van der Waals surface area contributed by atoms with Crippen LogP contribution in [0.25, 0.3) is 11.6 Å². The Morgan fingerprint density at radius 1 is 0.552 bits per heavy atom. The second kappa shape index (κ2) is 19.6. The van der Waals surface area contributed by atoms with Gasteiger partial charge in [0.1, 0.15) is 0 Å².